The quantitative estimate of drug-likeness (QED) is 0.348. The zero-order valence-corrected chi connectivity index (χ0v) is 23.0. The normalized spacial score (nSPS) is 18.5. The molecule has 3 atom stereocenters. The topological polar surface area (TPSA) is 95.7 Å². The number of carbonyl (C=O) groups is 2. The molecule has 0 radical (unpaired) electrons. The molecule has 204 valence electrons. The van der Waals surface area contributed by atoms with Gasteiger partial charge in [-0.15, -0.1) is 0 Å². The number of allylic oxidation sites excluding steroid dienone is 2. The molecule has 0 heterocycles. The van der Waals surface area contributed by atoms with Crippen LogP contribution in [-0.2, 0) is 22.6 Å². The summed E-state index contributed by atoms with van der Waals surface area (Å²) >= 11 is 0. The van der Waals surface area contributed by atoms with Gasteiger partial charge in [0.05, 0.1) is 11.5 Å². The van der Waals surface area contributed by atoms with Crippen LogP contribution in [0.15, 0.2) is 78.4 Å². The number of aliphatic hydroxyl groups is 1. The maximum Gasteiger partial charge on any atom is 0.249 e. The maximum atomic E-state index is 13.5. The number of aryl methyl sites for hydroxylation is 1. The third-order valence-corrected chi connectivity index (χ3v) is 7.41. The number of nitrogens with zero attached hydrogens (tertiary/aromatic N) is 1. The highest BCUT2D eigenvalue weighted by atomic mass is 16.3. The van der Waals surface area contributed by atoms with E-state index in [0.29, 0.717) is 38.2 Å². The molecule has 1 aliphatic carbocycles. The molecule has 0 saturated carbocycles. The Kier molecular flexibility index (Phi) is 10.9. The van der Waals surface area contributed by atoms with E-state index in [4.69, 9.17) is 5.73 Å². The van der Waals surface area contributed by atoms with Crippen LogP contribution in [0.5, 0.6) is 0 Å². The van der Waals surface area contributed by atoms with Crippen molar-refractivity contribution in [1.29, 1.82) is 0 Å². The Hall–Kier alpha value is -3.22. The summed E-state index contributed by atoms with van der Waals surface area (Å²) in [6.07, 6.45) is 6.84. The first-order chi connectivity index (χ1) is 18.3. The number of primary amides is 1. The molecule has 0 aliphatic heterocycles. The van der Waals surface area contributed by atoms with E-state index in [1.165, 1.54) is 5.56 Å². The predicted molar refractivity (Wildman–Crippen MR) is 153 cm³/mol. The van der Waals surface area contributed by atoms with Gasteiger partial charge in [-0.05, 0) is 43.7 Å². The van der Waals surface area contributed by atoms with Crippen molar-refractivity contribution in [2.75, 3.05) is 19.6 Å². The van der Waals surface area contributed by atoms with E-state index in [1.54, 1.807) is 18.2 Å². The van der Waals surface area contributed by atoms with E-state index >= 15 is 0 Å². The van der Waals surface area contributed by atoms with Crippen LogP contribution < -0.4 is 11.1 Å². The number of hydrogen-bond acceptors (Lipinski definition) is 4. The Morgan fingerprint density at radius 1 is 1.03 bits per heavy atom. The van der Waals surface area contributed by atoms with Gasteiger partial charge in [-0.3, -0.25) is 9.59 Å². The first-order valence-corrected chi connectivity index (χ1v) is 13.8. The largest absolute Gasteiger partial charge is 0.391 e. The molecule has 3 rings (SSSR count). The Morgan fingerprint density at radius 3 is 2.29 bits per heavy atom. The minimum atomic E-state index is -1.19. The van der Waals surface area contributed by atoms with Crippen LogP contribution in [0.2, 0.25) is 0 Å². The smallest absolute Gasteiger partial charge is 0.249 e. The van der Waals surface area contributed by atoms with Crippen molar-refractivity contribution >= 4 is 11.8 Å². The summed E-state index contributed by atoms with van der Waals surface area (Å²) in [5.74, 6) is -1.11. The molecule has 1 aliphatic rings. The molecule has 6 heteroatoms. The van der Waals surface area contributed by atoms with Gasteiger partial charge in [0.1, 0.15) is 0 Å². The van der Waals surface area contributed by atoms with E-state index in [9.17, 15) is 14.7 Å². The Bertz CT molecular complexity index is 1100. The van der Waals surface area contributed by atoms with Crippen LogP contribution in [0.25, 0.3) is 0 Å². The zero-order chi connectivity index (χ0) is 27.5. The van der Waals surface area contributed by atoms with Crippen LogP contribution >= 0.6 is 0 Å². The van der Waals surface area contributed by atoms with Gasteiger partial charge in [-0.25, -0.2) is 0 Å². The SMILES string of the molecule is CCCN(CCC)C(=O)C1=CC=CC(C(N)=O)([C@H](Cc2ccccc2)[C@@H](O)CNCc2ccc(C)cc2)C1. The highest BCUT2D eigenvalue weighted by molar-refractivity contribution is 5.96. The van der Waals surface area contributed by atoms with Crippen molar-refractivity contribution in [3.63, 3.8) is 0 Å². The average molecular weight is 518 g/mol. The number of carbonyl (C=O) groups excluding carboxylic acids is 2. The fourth-order valence-corrected chi connectivity index (χ4v) is 5.32. The lowest BCUT2D eigenvalue weighted by Gasteiger charge is -2.41. The second kappa shape index (κ2) is 14.1. The number of nitrogens with two attached hydrogens (primary N) is 1. The maximum absolute atomic E-state index is 13.5. The van der Waals surface area contributed by atoms with Crippen LogP contribution in [0.3, 0.4) is 0 Å². The third kappa shape index (κ3) is 7.42. The number of rotatable bonds is 14. The van der Waals surface area contributed by atoms with E-state index in [-0.39, 0.29) is 12.3 Å². The minimum absolute atomic E-state index is 0.0610. The van der Waals surface area contributed by atoms with Gasteiger partial charge in [0, 0.05) is 37.7 Å². The lowest BCUT2D eigenvalue weighted by atomic mass is 9.64. The summed E-state index contributed by atoms with van der Waals surface area (Å²) in [7, 11) is 0. The molecule has 0 fully saturated rings. The molecule has 0 bridgehead atoms. The van der Waals surface area contributed by atoms with Crippen LogP contribution in [-0.4, -0.2) is 47.6 Å². The second-order valence-corrected chi connectivity index (χ2v) is 10.4. The van der Waals surface area contributed by atoms with E-state index < -0.39 is 23.3 Å². The summed E-state index contributed by atoms with van der Waals surface area (Å²) < 4.78 is 0. The number of hydrogen-bond donors (Lipinski definition) is 3. The molecule has 0 spiro atoms. The third-order valence-electron chi connectivity index (χ3n) is 7.41. The molecule has 4 N–H and O–H groups in total. The van der Waals surface area contributed by atoms with Gasteiger partial charge >= 0.3 is 0 Å². The Morgan fingerprint density at radius 2 is 1.68 bits per heavy atom. The fourth-order valence-electron chi connectivity index (χ4n) is 5.32. The molecule has 38 heavy (non-hydrogen) atoms. The van der Waals surface area contributed by atoms with Gasteiger partial charge in [0.2, 0.25) is 11.8 Å². The average Bonchev–Trinajstić information content (AvgIpc) is 2.92. The van der Waals surface area contributed by atoms with Gasteiger partial charge in [-0.1, -0.05) is 92.2 Å². The minimum Gasteiger partial charge on any atom is -0.391 e. The molecule has 2 aromatic rings. The van der Waals surface area contributed by atoms with Crippen molar-refractivity contribution < 1.29 is 14.7 Å². The number of nitrogens with one attached hydrogen (secondary N) is 1. The lowest BCUT2D eigenvalue weighted by molar-refractivity contribution is -0.132. The molecule has 0 saturated heterocycles. The van der Waals surface area contributed by atoms with E-state index in [1.807, 2.05) is 42.2 Å². The number of amides is 2. The van der Waals surface area contributed by atoms with Crippen LogP contribution in [0.1, 0.15) is 49.8 Å². The molecule has 0 aromatic heterocycles. The van der Waals surface area contributed by atoms with E-state index in [2.05, 4.69) is 43.4 Å². The highest BCUT2D eigenvalue weighted by Gasteiger charge is 2.47. The molecular weight excluding hydrogens is 474 g/mol. The summed E-state index contributed by atoms with van der Waals surface area (Å²) in [4.78, 5) is 28.6. The second-order valence-electron chi connectivity index (χ2n) is 10.4. The molecular formula is C32H43N3O3. The Balaban J connectivity index is 1.87. The molecule has 2 aromatic carbocycles. The summed E-state index contributed by atoms with van der Waals surface area (Å²) in [6.45, 7) is 8.36. The molecule has 1 unspecified atom stereocenters. The van der Waals surface area contributed by atoms with Gasteiger partial charge < -0.3 is 21.1 Å². The zero-order valence-electron chi connectivity index (χ0n) is 23.0. The van der Waals surface area contributed by atoms with Crippen molar-refractivity contribution in [3.05, 3.63) is 95.1 Å². The van der Waals surface area contributed by atoms with Crippen molar-refractivity contribution in [2.45, 2.75) is 59.1 Å². The van der Waals surface area contributed by atoms with Crippen LogP contribution in [0.4, 0.5) is 0 Å². The predicted octanol–water partition coefficient (Wildman–Crippen LogP) is 4.31. The fraction of sp³-hybridized carbons (Fsp3) is 0.438. The van der Waals surface area contributed by atoms with Crippen LogP contribution in [0, 0.1) is 18.3 Å². The highest BCUT2D eigenvalue weighted by Crippen LogP contribution is 2.43. The lowest BCUT2D eigenvalue weighted by Crippen LogP contribution is -2.51. The standard InChI is InChI=1S/C32H43N3O3/c1-4-18-35(19-5-2)30(37)27-12-9-17-32(21-27,31(33)38)28(20-25-10-7-6-8-11-25)29(36)23-34-22-26-15-13-24(3)14-16-26/h6-17,28-29,34,36H,4-5,18-23H2,1-3H3,(H2,33,38)/t28-,29+,32?/m1/s1. The summed E-state index contributed by atoms with van der Waals surface area (Å²) in [5.41, 5.74) is 8.80. The number of benzene rings is 2. The Labute approximate surface area is 227 Å². The summed E-state index contributed by atoms with van der Waals surface area (Å²) in [5, 5.41) is 14.9. The molecule has 6 nitrogen and oxygen atoms in total. The summed E-state index contributed by atoms with van der Waals surface area (Å²) in [6, 6.07) is 18.1. The number of aliphatic hydroxyl groups excluding tert-OH is 1. The van der Waals surface area contributed by atoms with Crippen molar-refractivity contribution in [2.24, 2.45) is 17.1 Å². The monoisotopic (exact) mass is 517 g/mol. The molecule has 2 amide bonds. The van der Waals surface area contributed by atoms with Gasteiger partial charge in [-0.2, -0.15) is 0 Å². The van der Waals surface area contributed by atoms with Gasteiger partial charge in [0.25, 0.3) is 0 Å². The van der Waals surface area contributed by atoms with Gasteiger partial charge in [0.15, 0.2) is 0 Å². The first kappa shape index (κ1) is 29.3. The van der Waals surface area contributed by atoms with Crippen molar-refractivity contribution in [3.8, 4) is 0 Å². The first-order valence-electron chi connectivity index (χ1n) is 13.8. The van der Waals surface area contributed by atoms with E-state index in [0.717, 1.165) is 24.0 Å². The van der Waals surface area contributed by atoms with Crippen molar-refractivity contribution in [1.82, 2.24) is 10.2 Å².